The highest BCUT2D eigenvalue weighted by atomic mass is 16.1. The van der Waals surface area contributed by atoms with Crippen molar-refractivity contribution >= 4 is 12.5 Å². The zero-order valence-electron chi connectivity index (χ0n) is 12.8. The third kappa shape index (κ3) is 4.99. The fraction of sp³-hybridized carbons (Fsp3) is 0.471. The lowest BCUT2D eigenvalue weighted by atomic mass is 10.2. The van der Waals surface area contributed by atoms with Gasteiger partial charge in [-0.05, 0) is 12.0 Å². The Morgan fingerprint density at radius 1 is 1.14 bits per heavy atom. The molecule has 1 aromatic rings. The first-order valence-corrected chi connectivity index (χ1v) is 7.74. The molecule has 1 heterocycles. The summed E-state index contributed by atoms with van der Waals surface area (Å²) in [6, 6.07) is 10.4. The fourth-order valence-corrected chi connectivity index (χ4v) is 2.57. The van der Waals surface area contributed by atoms with E-state index in [1.807, 2.05) is 11.1 Å². The molecule has 21 heavy (non-hydrogen) atoms. The molecular weight excluding hydrogens is 262 g/mol. The number of benzene rings is 1. The molecule has 0 saturated carbocycles. The molecule has 1 saturated heterocycles. The number of amides is 1. The van der Waals surface area contributed by atoms with Crippen LogP contribution in [0.4, 0.5) is 0 Å². The maximum absolute atomic E-state index is 11.1. The van der Waals surface area contributed by atoms with E-state index in [4.69, 9.17) is 0 Å². The van der Waals surface area contributed by atoms with Crippen molar-refractivity contribution in [2.45, 2.75) is 13.3 Å². The van der Waals surface area contributed by atoms with E-state index in [-0.39, 0.29) is 0 Å². The maximum atomic E-state index is 11.1. The van der Waals surface area contributed by atoms with Crippen LogP contribution in [0.2, 0.25) is 0 Å². The second kappa shape index (κ2) is 8.60. The quantitative estimate of drug-likeness (QED) is 0.719. The molecule has 0 spiro atoms. The second-order valence-electron chi connectivity index (χ2n) is 5.34. The van der Waals surface area contributed by atoms with Crippen molar-refractivity contribution in [2.24, 2.45) is 0 Å². The molecule has 0 aromatic heterocycles. The fourth-order valence-electron chi connectivity index (χ4n) is 2.57. The monoisotopic (exact) mass is 287 g/mol. The van der Waals surface area contributed by atoms with Gasteiger partial charge < -0.3 is 0 Å². The molecule has 4 nitrogen and oxygen atoms in total. The number of carbonyl (C=O) groups is 1. The van der Waals surface area contributed by atoms with Gasteiger partial charge in [0.25, 0.3) is 0 Å². The molecule has 0 radical (unpaired) electrons. The van der Waals surface area contributed by atoms with Gasteiger partial charge in [0.05, 0.1) is 0 Å². The third-order valence-corrected chi connectivity index (χ3v) is 3.76. The third-order valence-electron chi connectivity index (χ3n) is 3.76. The molecule has 1 aliphatic rings. The van der Waals surface area contributed by atoms with E-state index in [1.54, 1.807) is 0 Å². The van der Waals surface area contributed by atoms with Crippen molar-refractivity contribution in [1.82, 2.24) is 14.9 Å². The Kier molecular flexibility index (Phi) is 6.44. The van der Waals surface area contributed by atoms with Gasteiger partial charge in [0.2, 0.25) is 6.41 Å². The molecule has 2 rings (SSSR count). The van der Waals surface area contributed by atoms with Crippen molar-refractivity contribution in [3.05, 3.63) is 42.0 Å². The first kappa shape index (κ1) is 15.7. The summed E-state index contributed by atoms with van der Waals surface area (Å²) in [4.78, 5) is 13.5. The van der Waals surface area contributed by atoms with Gasteiger partial charge in [0, 0.05) is 39.3 Å². The van der Waals surface area contributed by atoms with Gasteiger partial charge in [-0.15, -0.1) is 0 Å². The average molecular weight is 287 g/mol. The van der Waals surface area contributed by atoms with Crippen molar-refractivity contribution < 1.29 is 4.79 Å². The van der Waals surface area contributed by atoms with E-state index >= 15 is 0 Å². The van der Waals surface area contributed by atoms with Gasteiger partial charge in [-0.2, -0.15) is 0 Å². The lowest BCUT2D eigenvalue weighted by molar-refractivity contribution is -0.137. The molecule has 0 aliphatic carbocycles. The Balaban J connectivity index is 1.74. The van der Waals surface area contributed by atoms with E-state index in [2.05, 4.69) is 53.3 Å². The van der Waals surface area contributed by atoms with Gasteiger partial charge in [-0.1, -0.05) is 49.4 Å². The maximum Gasteiger partial charge on any atom is 0.224 e. The van der Waals surface area contributed by atoms with Gasteiger partial charge in [0.1, 0.15) is 0 Å². The van der Waals surface area contributed by atoms with E-state index < -0.39 is 0 Å². The summed E-state index contributed by atoms with van der Waals surface area (Å²) in [6.45, 7) is 7.76. The SMILES string of the molecule is CCCN(C=O)N1CCN(CC=Cc2ccccc2)CC1. The molecule has 0 atom stereocenters. The zero-order chi connectivity index (χ0) is 14.9. The molecule has 1 amide bonds. The molecule has 114 valence electrons. The predicted octanol–water partition coefficient (Wildman–Crippen LogP) is 2.10. The van der Waals surface area contributed by atoms with Crippen molar-refractivity contribution in [1.29, 1.82) is 0 Å². The van der Waals surface area contributed by atoms with E-state index in [1.165, 1.54) is 5.56 Å². The molecule has 1 aromatic carbocycles. The first-order valence-electron chi connectivity index (χ1n) is 7.74. The molecule has 1 aliphatic heterocycles. The minimum atomic E-state index is 0.817. The van der Waals surface area contributed by atoms with E-state index in [9.17, 15) is 4.79 Å². The highest BCUT2D eigenvalue weighted by Crippen LogP contribution is 2.06. The summed E-state index contributed by atoms with van der Waals surface area (Å²) in [5.41, 5.74) is 1.24. The van der Waals surface area contributed by atoms with Crippen LogP contribution in [0.15, 0.2) is 36.4 Å². The van der Waals surface area contributed by atoms with Crippen LogP contribution in [0.3, 0.4) is 0 Å². The summed E-state index contributed by atoms with van der Waals surface area (Å²) < 4.78 is 0. The summed E-state index contributed by atoms with van der Waals surface area (Å²) in [5, 5.41) is 3.98. The van der Waals surface area contributed by atoms with Crippen molar-refractivity contribution in [3.8, 4) is 0 Å². The van der Waals surface area contributed by atoms with Gasteiger partial charge in [0.15, 0.2) is 0 Å². The van der Waals surface area contributed by atoms with Gasteiger partial charge in [-0.25, -0.2) is 5.01 Å². The zero-order valence-corrected chi connectivity index (χ0v) is 12.8. The number of hydrazine groups is 1. The Morgan fingerprint density at radius 3 is 2.48 bits per heavy atom. The summed E-state index contributed by atoms with van der Waals surface area (Å²) in [6.07, 6.45) is 6.34. The van der Waals surface area contributed by atoms with Crippen LogP contribution in [-0.2, 0) is 4.79 Å². The predicted molar refractivity (Wildman–Crippen MR) is 86.6 cm³/mol. The van der Waals surface area contributed by atoms with Crippen molar-refractivity contribution in [3.63, 3.8) is 0 Å². The molecule has 4 heteroatoms. The van der Waals surface area contributed by atoms with Crippen LogP contribution >= 0.6 is 0 Å². The second-order valence-corrected chi connectivity index (χ2v) is 5.34. The Labute approximate surface area is 127 Å². The molecule has 0 N–H and O–H groups in total. The van der Waals surface area contributed by atoms with Crippen LogP contribution in [0, 0.1) is 0 Å². The molecule has 0 bridgehead atoms. The van der Waals surface area contributed by atoms with E-state index in [0.717, 1.165) is 52.1 Å². The lowest BCUT2D eigenvalue weighted by Crippen LogP contribution is -2.53. The minimum absolute atomic E-state index is 0.817. The lowest BCUT2D eigenvalue weighted by Gasteiger charge is -2.39. The summed E-state index contributed by atoms with van der Waals surface area (Å²) in [7, 11) is 0. The number of piperazine rings is 1. The topological polar surface area (TPSA) is 26.8 Å². The Hall–Kier alpha value is -1.65. The van der Waals surface area contributed by atoms with Crippen molar-refractivity contribution in [2.75, 3.05) is 39.3 Å². The average Bonchev–Trinajstić information content (AvgIpc) is 2.54. The molecule has 1 fully saturated rings. The normalized spacial score (nSPS) is 17.2. The first-order chi connectivity index (χ1) is 10.3. The minimum Gasteiger partial charge on any atom is -0.297 e. The highest BCUT2D eigenvalue weighted by molar-refractivity contribution is 5.48. The highest BCUT2D eigenvalue weighted by Gasteiger charge is 2.19. The largest absolute Gasteiger partial charge is 0.297 e. The number of nitrogens with zero attached hydrogens (tertiary/aromatic N) is 3. The number of rotatable bonds is 7. The van der Waals surface area contributed by atoms with E-state index in [0.29, 0.717) is 0 Å². The number of carbonyl (C=O) groups excluding carboxylic acids is 1. The van der Waals surface area contributed by atoms with Gasteiger partial charge in [-0.3, -0.25) is 14.7 Å². The standard InChI is InChI=1S/C17H25N3O/c1-2-10-20(16-21)19-14-12-18(13-15-19)11-6-9-17-7-4-3-5-8-17/h3-9,16H,2,10-15H2,1H3. The smallest absolute Gasteiger partial charge is 0.224 e. The van der Waals surface area contributed by atoms with Crippen LogP contribution in [0.5, 0.6) is 0 Å². The molecule has 0 unspecified atom stereocenters. The summed E-state index contributed by atoms with van der Waals surface area (Å²) >= 11 is 0. The van der Waals surface area contributed by atoms with Crippen LogP contribution in [-0.4, -0.2) is 60.6 Å². The number of hydrogen-bond acceptors (Lipinski definition) is 3. The molecular formula is C17H25N3O. The Bertz CT molecular complexity index is 439. The summed E-state index contributed by atoms with van der Waals surface area (Å²) in [5.74, 6) is 0. The van der Waals surface area contributed by atoms with Crippen LogP contribution in [0.25, 0.3) is 6.08 Å². The van der Waals surface area contributed by atoms with Crippen LogP contribution < -0.4 is 0 Å². The van der Waals surface area contributed by atoms with Crippen LogP contribution in [0.1, 0.15) is 18.9 Å². The van der Waals surface area contributed by atoms with Gasteiger partial charge >= 0.3 is 0 Å². The number of hydrogen-bond donors (Lipinski definition) is 0. The Morgan fingerprint density at radius 2 is 1.86 bits per heavy atom.